The first-order valence-electron chi connectivity index (χ1n) is 8.50. The molecule has 0 amide bonds. The van der Waals surface area contributed by atoms with Gasteiger partial charge in [0.05, 0.1) is 12.2 Å². The van der Waals surface area contributed by atoms with E-state index in [1.165, 1.54) is 52.4 Å². The molecule has 2 saturated heterocycles. The zero-order valence-corrected chi connectivity index (χ0v) is 14.4. The van der Waals surface area contributed by atoms with Gasteiger partial charge >= 0.3 is 0 Å². The summed E-state index contributed by atoms with van der Waals surface area (Å²) in [6.45, 7) is 16.0. The fourth-order valence-corrected chi connectivity index (χ4v) is 3.27. The lowest BCUT2D eigenvalue weighted by Crippen LogP contribution is -2.49. The van der Waals surface area contributed by atoms with E-state index in [4.69, 9.17) is 4.74 Å². The van der Waals surface area contributed by atoms with Gasteiger partial charge in [-0.25, -0.2) is 0 Å². The second-order valence-corrected chi connectivity index (χ2v) is 6.97. The Kier molecular flexibility index (Phi) is 6.89. The molecule has 2 atom stereocenters. The van der Waals surface area contributed by atoms with Crippen LogP contribution in [0.15, 0.2) is 0 Å². The van der Waals surface area contributed by atoms with Gasteiger partial charge in [0.1, 0.15) is 0 Å². The summed E-state index contributed by atoms with van der Waals surface area (Å²) in [5, 5.41) is 0. The molecule has 2 aliphatic heterocycles. The minimum Gasteiger partial charge on any atom is -0.373 e. The molecule has 0 aromatic carbocycles. The minimum atomic E-state index is 0.330. The first kappa shape index (κ1) is 17.2. The monoisotopic (exact) mass is 298 g/mol. The number of hydrogen-bond acceptors (Lipinski definition) is 5. The fraction of sp³-hybridized carbons (Fsp3) is 1.00. The van der Waals surface area contributed by atoms with Crippen LogP contribution in [0.4, 0.5) is 0 Å². The molecule has 0 aromatic rings. The van der Waals surface area contributed by atoms with Gasteiger partial charge in [0.15, 0.2) is 0 Å². The number of nitrogens with zero attached hydrogens (tertiary/aromatic N) is 4. The predicted molar refractivity (Wildman–Crippen MR) is 87.9 cm³/mol. The smallest absolute Gasteiger partial charge is 0.0678 e. The topological polar surface area (TPSA) is 22.2 Å². The van der Waals surface area contributed by atoms with E-state index >= 15 is 0 Å². The molecule has 2 aliphatic rings. The molecule has 2 rings (SSSR count). The second kappa shape index (κ2) is 8.44. The van der Waals surface area contributed by atoms with Gasteiger partial charge in [0.2, 0.25) is 0 Å². The SMILES string of the molecule is CC(CN1CCN(C)CC1)OC(C)CN1CCN(C)CC1. The molecule has 5 heteroatoms. The van der Waals surface area contributed by atoms with Crippen molar-refractivity contribution in [1.29, 1.82) is 0 Å². The molecule has 2 unspecified atom stereocenters. The maximum Gasteiger partial charge on any atom is 0.0678 e. The summed E-state index contributed by atoms with van der Waals surface area (Å²) in [4.78, 5) is 9.87. The van der Waals surface area contributed by atoms with Gasteiger partial charge in [0.25, 0.3) is 0 Å². The van der Waals surface area contributed by atoms with Gasteiger partial charge in [-0.2, -0.15) is 0 Å². The van der Waals surface area contributed by atoms with E-state index in [-0.39, 0.29) is 0 Å². The van der Waals surface area contributed by atoms with Crippen LogP contribution in [0.5, 0.6) is 0 Å². The zero-order chi connectivity index (χ0) is 15.2. The summed E-state index contributed by atoms with van der Waals surface area (Å²) in [5.41, 5.74) is 0. The molecule has 21 heavy (non-hydrogen) atoms. The third-order valence-electron chi connectivity index (χ3n) is 4.69. The van der Waals surface area contributed by atoms with E-state index in [9.17, 15) is 0 Å². The van der Waals surface area contributed by atoms with Crippen molar-refractivity contribution in [3.63, 3.8) is 0 Å². The van der Waals surface area contributed by atoms with Crippen molar-refractivity contribution < 1.29 is 4.74 Å². The van der Waals surface area contributed by atoms with E-state index in [2.05, 4.69) is 47.5 Å². The van der Waals surface area contributed by atoms with Crippen LogP contribution in [0.25, 0.3) is 0 Å². The number of piperazine rings is 2. The van der Waals surface area contributed by atoms with Gasteiger partial charge in [-0.3, -0.25) is 9.80 Å². The van der Waals surface area contributed by atoms with Gasteiger partial charge in [-0.1, -0.05) is 0 Å². The van der Waals surface area contributed by atoms with Crippen LogP contribution in [-0.2, 0) is 4.74 Å². The van der Waals surface area contributed by atoms with Crippen molar-refractivity contribution in [3.8, 4) is 0 Å². The van der Waals surface area contributed by atoms with Crippen molar-refractivity contribution in [3.05, 3.63) is 0 Å². The standard InChI is InChI=1S/C16H34N4O/c1-15(13-19-9-5-17(3)6-10-19)21-16(2)14-20-11-7-18(4)8-12-20/h15-16H,5-14H2,1-4H3. The molecule has 124 valence electrons. The van der Waals surface area contributed by atoms with Crippen LogP contribution in [0.3, 0.4) is 0 Å². The molecule has 0 aliphatic carbocycles. The summed E-state index contributed by atoms with van der Waals surface area (Å²) in [6.07, 6.45) is 0.659. The Morgan fingerprint density at radius 2 is 1.00 bits per heavy atom. The number of likely N-dealkylation sites (N-methyl/N-ethyl adjacent to an activating group) is 2. The number of hydrogen-bond donors (Lipinski definition) is 0. The average Bonchev–Trinajstić information content (AvgIpc) is 2.44. The van der Waals surface area contributed by atoms with Crippen LogP contribution in [0.1, 0.15) is 13.8 Å². The fourth-order valence-electron chi connectivity index (χ4n) is 3.27. The van der Waals surface area contributed by atoms with E-state index in [1.54, 1.807) is 0 Å². The maximum absolute atomic E-state index is 6.20. The molecular weight excluding hydrogens is 264 g/mol. The highest BCUT2D eigenvalue weighted by molar-refractivity contribution is 4.74. The molecule has 0 spiro atoms. The summed E-state index contributed by atoms with van der Waals surface area (Å²) < 4.78 is 6.20. The van der Waals surface area contributed by atoms with E-state index in [0.29, 0.717) is 12.2 Å². The average molecular weight is 298 g/mol. The molecule has 0 saturated carbocycles. The number of rotatable bonds is 6. The highest BCUT2D eigenvalue weighted by Gasteiger charge is 2.20. The number of ether oxygens (including phenoxy) is 1. The lowest BCUT2D eigenvalue weighted by atomic mass is 10.2. The summed E-state index contributed by atoms with van der Waals surface area (Å²) in [7, 11) is 4.41. The summed E-state index contributed by atoms with van der Waals surface area (Å²) >= 11 is 0. The highest BCUT2D eigenvalue weighted by Crippen LogP contribution is 2.07. The van der Waals surface area contributed by atoms with Crippen molar-refractivity contribution in [2.75, 3.05) is 79.5 Å². The third-order valence-corrected chi connectivity index (χ3v) is 4.69. The summed E-state index contributed by atoms with van der Waals surface area (Å²) in [5.74, 6) is 0. The highest BCUT2D eigenvalue weighted by atomic mass is 16.5. The zero-order valence-electron chi connectivity index (χ0n) is 14.4. The Balaban J connectivity index is 1.61. The molecule has 2 heterocycles. The first-order valence-corrected chi connectivity index (χ1v) is 8.50. The molecular formula is C16H34N4O. The Bertz CT molecular complexity index is 258. The van der Waals surface area contributed by atoms with Crippen LogP contribution in [-0.4, -0.2) is 111 Å². The van der Waals surface area contributed by atoms with Crippen LogP contribution >= 0.6 is 0 Å². The molecule has 2 fully saturated rings. The largest absolute Gasteiger partial charge is 0.373 e. The third kappa shape index (κ3) is 6.20. The van der Waals surface area contributed by atoms with Crippen molar-refractivity contribution in [1.82, 2.24) is 19.6 Å². The van der Waals surface area contributed by atoms with Crippen LogP contribution < -0.4 is 0 Å². The quantitative estimate of drug-likeness (QED) is 0.700. The van der Waals surface area contributed by atoms with E-state index in [1.807, 2.05) is 0 Å². The van der Waals surface area contributed by atoms with Crippen molar-refractivity contribution in [2.24, 2.45) is 0 Å². The Labute approximate surface area is 130 Å². The van der Waals surface area contributed by atoms with Gasteiger partial charge in [-0.05, 0) is 27.9 Å². The molecule has 0 radical (unpaired) electrons. The Morgan fingerprint density at radius 3 is 1.33 bits per heavy atom. The van der Waals surface area contributed by atoms with Crippen molar-refractivity contribution in [2.45, 2.75) is 26.1 Å². The minimum absolute atomic E-state index is 0.330. The van der Waals surface area contributed by atoms with Crippen LogP contribution in [0.2, 0.25) is 0 Å². The lowest BCUT2D eigenvalue weighted by Gasteiger charge is -2.36. The molecule has 5 nitrogen and oxygen atoms in total. The molecule has 0 bridgehead atoms. The van der Waals surface area contributed by atoms with E-state index in [0.717, 1.165) is 13.1 Å². The van der Waals surface area contributed by atoms with Gasteiger partial charge in [-0.15, -0.1) is 0 Å². The second-order valence-electron chi connectivity index (χ2n) is 6.97. The van der Waals surface area contributed by atoms with Gasteiger partial charge < -0.3 is 14.5 Å². The Hall–Kier alpha value is -0.200. The maximum atomic E-state index is 6.20. The molecule has 0 N–H and O–H groups in total. The summed E-state index contributed by atoms with van der Waals surface area (Å²) in [6, 6.07) is 0. The predicted octanol–water partition coefficient (Wildman–Crippen LogP) is 0.275. The van der Waals surface area contributed by atoms with Gasteiger partial charge in [0, 0.05) is 65.4 Å². The normalized spacial score (nSPS) is 26.9. The van der Waals surface area contributed by atoms with E-state index < -0.39 is 0 Å². The van der Waals surface area contributed by atoms with Crippen molar-refractivity contribution >= 4 is 0 Å². The first-order chi connectivity index (χ1) is 10.0. The lowest BCUT2D eigenvalue weighted by molar-refractivity contribution is -0.0338. The Morgan fingerprint density at radius 1 is 0.667 bits per heavy atom. The van der Waals surface area contributed by atoms with Crippen LogP contribution in [0, 0.1) is 0 Å². The molecule has 0 aromatic heterocycles.